The van der Waals surface area contributed by atoms with Crippen LogP contribution in [0.4, 0.5) is 0 Å². The molecule has 0 saturated carbocycles. The van der Waals surface area contributed by atoms with Crippen LogP contribution < -0.4 is 0 Å². The number of aldehydes is 1. The fourth-order valence-electron chi connectivity index (χ4n) is 0.785. The molecule has 0 unspecified atom stereocenters. The first-order valence-electron chi connectivity index (χ1n) is 5.30. The highest BCUT2D eigenvalue weighted by Crippen LogP contribution is 2.36. The number of rotatable bonds is 5. The Bertz CT molecular complexity index is 182. The van der Waals surface area contributed by atoms with Crippen molar-refractivity contribution in [3.8, 4) is 0 Å². The van der Waals surface area contributed by atoms with Crippen LogP contribution in [0, 0.1) is 5.92 Å². The van der Waals surface area contributed by atoms with E-state index in [4.69, 9.17) is 4.43 Å². The summed E-state index contributed by atoms with van der Waals surface area (Å²) in [5.74, 6) is 0.125. The van der Waals surface area contributed by atoms with Crippen molar-refractivity contribution in [2.24, 2.45) is 5.92 Å². The summed E-state index contributed by atoms with van der Waals surface area (Å²) in [4.78, 5) is 10.4. The Balaban J connectivity index is 3.95. The van der Waals surface area contributed by atoms with Crippen molar-refractivity contribution in [2.75, 3.05) is 6.61 Å². The Kier molecular flexibility index (Phi) is 5.02. The van der Waals surface area contributed by atoms with Gasteiger partial charge in [-0.05, 0) is 24.6 Å². The first kappa shape index (κ1) is 13.8. The second kappa shape index (κ2) is 5.08. The fraction of sp³-hybridized carbons (Fsp3) is 0.909. The number of carbonyl (C=O) groups is 1. The molecule has 3 heteroatoms. The molecular weight excluding hydrogens is 192 g/mol. The summed E-state index contributed by atoms with van der Waals surface area (Å²) < 4.78 is 5.95. The Morgan fingerprint density at radius 2 is 1.86 bits per heavy atom. The molecule has 0 aromatic rings. The molecule has 0 radical (unpaired) electrons. The number of hydrogen-bond donors (Lipinski definition) is 0. The van der Waals surface area contributed by atoms with Gasteiger partial charge in [-0.2, -0.15) is 0 Å². The maximum absolute atomic E-state index is 10.4. The van der Waals surface area contributed by atoms with Gasteiger partial charge in [-0.25, -0.2) is 0 Å². The molecular formula is C11H24O2Si. The molecule has 0 aliphatic heterocycles. The number of hydrogen-bond acceptors (Lipinski definition) is 2. The van der Waals surface area contributed by atoms with Crippen molar-refractivity contribution < 1.29 is 9.22 Å². The minimum atomic E-state index is -1.60. The van der Waals surface area contributed by atoms with Gasteiger partial charge in [0, 0.05) is 12.5 Å². The van der Waals surface area contributed by atoms with Gasteiger partial charge in [-0.1, -0.05) is 27.7 Å². The minimum Gasteiger partial charge on any atom is -0.417 e. The molecule has 0 aliphatic carbocycles. The summed E-state index contributed by atoms with van der Waals surface area (Å²) in [5, 5.41) is 0.261. The minimum absolute atomic E-state index is 0.125. The van der Waals surface area contributed by atoms with E-state index in [1.165, 1.54) is 0 Å². The van der Waals surface area contributed by atoms with Crippen LogP contribution >= 0.6 is 0 Å². The quantitative estimate of drug-likeness (QED) is 0.521. The second-order valence-corrected chi connectivity index (χ2v) is 10.3. The van der Waals surface area contributed by atoms with Crippen LogP contribution in [-0.4, -0.2) is 21.2 Å². The third-order valence-corrected chi connectivity index (χ3v) is 7.61. The van der Waals surface area contributed by atoms with E-state index in [0.29, 0.717) is 0 Å². The van der Waals surface area contributed by atoms with E-state index in [1.807, 2.05) is 6.92 Å². The van der Waals surface area contributed by atoms with Gasteiger partial charge in [0.1, 0.15) is 6.29 Å². The fourth-order valence-corrected chi connectivity index (χ4v) is 1.85. The highest BCUT2D eigenvalue weighted by Gasteiger charge is 2.36. The summed E-state index contributed by atoms with van der Waals surface area (Å²) in [6.07, 6.45) is 1.84. The smallest absolute Gasteiger partial charge is 0.191 e. The van der Waals surface area contributed by atoms with Crippen LogP contribution in [0.3, 0.4) is 0 Å². The lowest BCUT2D eigenvalue weighted by Gasteiger charge is -2.36. The standard InChI is InChI=1S/C11H24O2Si/c1-10(9-12)7-8-13-14(5,6)11(2,3)4/h9-10H,7-8H2,1-6H3/t10-/m1/s1. The molecule has 1 atom stereocenters. The van der Waals surface area contributed by atoms with Gasteiger partial charge in [0.15, 0.2) is 8.32 Å². The molecule has 2 nitrogen and oxygen atoms in total. The molecule has 14 heavy (non-hydrogen) atoms. The van der Waals surface area contributed by atoms with Gasteiger partial charge in [-0.15, -0.1) is 0 Å². The summed E-state index contributed by atoms with van der Waals surface area (Å²) in [6, 6.07) is 0. The SMILES string of the molecule is C[C@@H](C=O)CCO[Si](C)(C)C(C)(C)C. The third-order valence-electron chi connectivity index (χ3n) is 3.07. The zero-order valence-electron chi connectivity index (χ0n) is 10.4. The molecule has 0 aliphatic rings. The lowest BCUT2D eigenvalue weighted by atomic mass is 10.1. The van der Waals surface area contributed by atoms with Gasteiger partial charge in [0.2, 0.25) is 0 Å². The predicted molar refractivity (Wildman–Crippen MR) is 63.0 cm³/mol. The van der Waals surface area contributed by atoms with Gasteiger partial charge in [0.05, 0.1) is 0 Å². The van der Waals surface area contributed by atoms with Crippen molar-refractivity contribution >= 4 is 14.6 Å². The largest absolute Gasteiger partial charge is 0.417 e. The average Bonchev–Trinajstić information content (AvgIpc) is 2.01. The van der Waals surface area contributed by atoms with Crippen LogP contribution in [0.5, 0.6) is 0 Å². The monoisotopic (exact) mass is 216 g/mol. The molecule has 0 rings (SSSR count). The van der Waals surface area contributed by atoms with E-state index in [1.54, 1.807) is 0 Å². The summed E-state index contributed by atoms with van der Waals surface area (Å²) in [6.45, 7) is 13.8. The Morgan fingerprint density at radius 1 is 1.36 bits per heavy atom. The van der Waals surface area contributed by atoms with Gasteiger partial charge < -0.3 is 9.22 Å². The molecule has 0 spiro atoms. The lowest BCUT2D eigenvalue weighted by Crippen LogP contribution is -2.41. The first-order valence-corrected chi connectivity index (χ1v) is 8.21. The molecule has 0 bridgehead atoms. The summed E-state index contributed by atoms with van der Waals surface area (Å²) >= 11 is 0. The molecule has 0 amide bonds. The zero-order chi connectivity index (χ0) is 11.4. The summed E-state index contributed by atoms with van der Waals surface area (Å²) in [7, 11) is -1.60. The van der Waals surface area contributed by atoms with E-state index in [-0.39, 0.29) is 11.0 Å². The van der Waals surface area contributed by atoms with Crippen molar-refractivity contribution in [1.29, 1.82) is 0 Å². The third kappa shape index (κ3) is 4.38. The van der Waals surface area contributed by atoms with Crippen molar-refractivity contribution in [3.05, 3.63) is 0 Å². The summed E-state index contributed by atoms with van der Waals surface area (Å²) in [5.41, 5.74) is 0. The van der Waals surface area contributed by atoms with E-state index < -0.39 is 8.32 Å². The van der Waals surface area contributed by atoms with Crippen molar-refractivity contribution in [3.63, 3.8) is 0 Å². The second-order valence-electron chi connectivity index (χ2n) is 5.51. The van der Waals surface area contributed by atoms with E-state index >= 15 is 0 Å². The molecule has 0 aromatic heterocycles. The highest BCUT2D eigenvalue weighted by atomic mass is 28.4. The molecule has 0 N–H and O–H groups in total. The van der Waals surface area contributed by atoms with E-state index in [2.05, 4.69) is 33.9 Å². The highest BCUT2D eigenvalue weighted by molar-refractivity contribution is 6.74. The number of carbonyl (C=O) groups excluding carboxylic acids is 1. The molecule has 0 fully saturated rings. The Morgan fingerprint density at radius 3 is 2.21 bits per heavy atom. The van der Waals surface area contributed by atoms with Gasteiger partial charge >= 0.3 is 0 Å². The van der Waals surface area contributed by atoms with Gasteiger partial charge in [0.25, 0.3) is 0 Å². The molecule has 0 heterocycles. The van der Waals surface area contributed by atoms with Crippen LogP contribution in [0.2, 0.25) is 18.1 Å². The Hall–Kier alpha value is -0.153. The predicted octanol–water partition coefficient (Wildman–Crippen LogP) is 3.23. The average molecular weight is 216 g/mol. The van der Waals surface area contributed by atoms with E-state index in [9.17, 15) is 4.79 Å². The topological polar surface area (TPSA) is 26.3 Å². The first-order chi connectivity index (χ1) is 6.20. The van der Waals surface area contributed by atoms with Crippen LogP contribution in [0.1, 0.15) is 34.1 Å². The van der Waals surface area contributed by atoms with Crippen molar-refractivity contribution in [1.82, 2.24) is 0 Å². The van der Waals surface area contributed by atoms with E-state index in [0.717, 1.165) is 19.3 Å². The van der Waals surface area contributed by atoms with Crippen molar-refractivity contribution in [2.45, 2.75) is 52.2 Å². The maximum atomic E-state index is 10.4. The zero-order valence-corrected chi connectivity index (χ0v) is 11.4. The molecule has 84 valence electrons. The lowest BCUT2D eigenvalue weighted by molar-refractivity contribution is -0.111. The normalized spacial score (nSPS) is 15.3. The Labute approximate surface area is 89.2 Å². The maximum Gasteiger partial charge on any atom is 0.191 e. The molecule has 0 aromatic carbocycles. The van der Waals surface area contributed by atoms with Gasteiger partial charge in [-0.3, -0.25) is 0 Å². The van der Waals surface area contributed by atoms with Crippen LogP contribution in [0.25, 0.3) is 0 Å². The van der Waals surface area contributed by atoms with Crippen LogP contribution in [-0.2, 0) is 9.22 Å². The van der Waals surface area contributed by atoms with Crippen LogP contribution in [0.15, 0.2) is 0 Å². The molecule has 0 saturated heterocycles.